The lowest BCUT2D eigenvalue weighted by Crippen LogP contribution is -2.48. The average Bonchev–Trinajstić information content (AvgIpc) is 2.46. The summed E-state index contributed by atoms with van der Waals surface area (Å²) in [6, 6.07) is 9.22. The van der Waals surface area contributed by atoms with Crippen LogP contribution >= 0.6 is 0 Å². The predicted molar refractivity (Wildman–Crippen MR) is 89.4 cm³/mol. The maximum absolute atomic E-state index is 12.4. The van der Waals surface area contributed by atoms with E-state index in [1.165, 1.54) is 0 Å². The fourth-order valence-corrected chi connectivity index (χ4v) is 2.04. The van der Waals surface area contributed by atoms with Gasteiger partial charge in [-0.3, -0.25) is 9.59 Å². The maximum Gasteiger partial charge on any atom is 0.242 e. The summed E-state index contributed by atoms with van der Waals surface area (Å²) in [5, 5.41) is 5.75. The number of nitrogens with one attached hydrogen (secondary N) is 2. The lowest BCUT2D eigenvalue weighted by Gasteiger charge is -2.21. The Labute approximate surface area is 133 Å². The SMILES string of the molecule is CCC(=O)NC(Cc1ccccc1)C(=O)NCCC(C)(C)C. The van der Waals surface area contributed by atoms with Crippen LogP contribution in [0.4, 0.5) is 0 Å². The molecule has 1 atom stereocenters. The molecule has 22 heavy (non-hydrogen) atoms. The molecule has 0 fully saturated rings. The molecule has 1 rings (SSSR count). The Morgan fingerprint density at radius 3 is 2.32 bits per heavy atom. The minimum Gasteiger partial charge on any atom is -0.354 e. The Kier molecular flexibility index (Phi) is 7.09. The van der Waals surface area contributed by atoms with E-state index in [1.807, 2.05) is 30.3 Å². The largest absolute Gasteiger partial charge is 0.354 e. The van der Waals surface area contributed by atoms with Gasteiger partial charge >= 0.3 is 0 Å². The van der Waals surface area contributed by atoms with Crippen molar-refractivity contribution in [3.63, 3.8) is 0 Å². The van der Waals surface area contributed by atoms with E-state index in [-0.39, 0.29) is 17.2 Å². The highest BCUT2D eigenvalue weighted by Gasteiger charge is 2.21. The second-order valence-electron chi connectivity index (χ2n) is 6.77. The Balaban J connectivity index is 2.64. The zero-order chi connectivity index (χ0) is 16.6. The minimum absolute atomic E-state index is 0.105. The van der Waals surface area contributed by atoms with Gasteiger partial charge in [0, 0.05) is 19.4 Å². The number of hydrogen-bond acceptors (Lipinski definition) is 2. The van der Waals surface area contributed by atoms with Crippen molar-refractivity contribution in [1.82, 2.24) is 10.6 Å². The fourth-order valence-electron chi connectivity index (χ4n) is 2.04. The topological polar surface area (TPSA) is 58.2 Å². The third kappa shape index (κ3) is 7.25. The van der Waals surface area contributed by atoms with Crippen LogP contribution < -0.4 is 10.6 Å². The zero-order valence-corrected chi connectivity index (χ0v) is 14.1. The molecule has 1 aromatic carbocycles. The summed E-state index contributed by atoms with van der Waals surface area (Å²) < 4.78 is 0. The monoisotopic (exact) mass is 304 g/mol. The van der Waals surface area contributed by atoms with Crippen molar-refractivity contribution in [2.45, 2.75) is 53.0 Å². The third-order valence-electron chi connectivity index (χ3n) is 3.43. The summed E-state index contributed by atoms with van der Waals surface area (Å²) in [4.78, 5) is 24.0. The number of amides is 2. The summed E-state index contributed by atoms with van der Waals surface area (Å²) in [6.45, 7) is 8.82. The quantitative estimate of drug-likeness (QED) is 0.813. The Hall–Kier alpha value is -1.84. The molecule has 0 aliphatic heterocycles. The smallest absolute Gasteiger partial charge is 0.242 e. The van der Waals surface area contributed by atoms with Crippen molar-refractivity contribution in [2.75, 3.05) is 6.54 Å². The molecule has 2 N–H and O–H groups in total. The summed E-state index contributed by atoms with van der Waals surface area (Å²) in [5.74, 6) is -0.221. The maximum atomic E-state index is 12.4. The molecule has 4 nitrogen and oxygen atoms in total. The molecule has 122 valence electrons. The minimum atomic E-state index is -0.519. The van der Waals surface area contributed by atoms with Crippen molar-refractivity contribution in [1.29, 1.82) is 0 Å². The van der Waals surface area contributed by atoms with Crippen molar-refractivity contribution >= 4 is 11.8 Å². The molecule has 0 bridgehead atoms. The van der Waals surface area contributed by atoms with E-state index in [4.69, 9.17) is 0 Å². The lowest BCUT2D eigenvalue weighted by molar-refractivity contribution is -0.128. The van der Waals surface area contributed by atoms with Crippen LogP contribution in [0.15, 0.2) is 30.3 Å². The second-order valence-corrected chi connectivity index (χ2v) is 6.77. The number of carbonyl (C=O) groups is 2. The number of carbonyl (C=O) groups excluding carboxylic acids is 2. The highest BCUT2D eigenvalue weighted by molar-refractivity contribution is 5.87. The molecule has 0 heterocycles. The van der Waals surface area contributed by atoms with Gasteiger partial charge in [0.25, 0.3) is 0 Å². The zero-order valence-electron chi connectivity index (χ0n) is 14.1. The van der Waals surface area contributed by atoms with Crippen molar-refractivity contribution in [3.05, 3.63) is 35.9 Å². The van der Waals surface area contributed by atoms with E-state index in [9.17, 15) is 9.59 Å². The molecule has 0 aliphatic rings. The first-order valence-electron chi connectivity index (χ1n) is 7.93. The van der Waals surface area contributed by atoms with Crippen molar-refractivity contribution in [3.8, 4) is 0 Å². The van der Waals surface area contributed by atoms with Gasteiger partial charge in [-0.05, 0) is 17.4 Å². The molecular formula is C18H28N2O2. The van der Waals surface area contributed by atoms with Gasteiger partial charge in [0.05, 0.1) is 0 Å². The van der Waals surface area contributed by atoms with Crippen LogP contribution in [0.1, 0.15) is 46.1 Å². The first-order valence-corrected chi connectivity index (χ1v) is 7.93. The van der Waals surface area contributed by atoms with Gasteiger partial charge in [-0.15, -0.1) is 0 Å². The number of rotatable bonds is 7. The van der Waals surface area contributed by atoms with E-state index in [2.05, 4.69) is 31.4 Å². The summed E-state index contributed by atoms with van der Waals surface area (Å²) in [6.07, 6.45) is 1.78. The van der Waals surface area contributed by atoms with E-state index >= 15 is 0 Å². The van der Waals surface area contributed by atoms with E-state index < -0.39 is 6.04 Å². The van der Waals surface area contributed by atoms with Crippen LogP contribution in [0, 0.1) is 5.41 Å². The molecule has 2 amide bonds. The van der Waals surface area contributed by atoms with Gasteiger partial charge in [0.1, 0.15) is 6.04 Å². The van der Waals surface area contributed by atoms with Crippen LogP contribution in [0.25, 0.3) is 0 Å². The highest BCUT2D eigenvalue weighted by Crippen LogP contribution is 2.17. The van der Waals surface area contributed by atoms with Crippen LogP contribution in [-0.4, -0.2) is 24.4 Å². The Bertz CT molecular complexity index is 478. The van der Waals surface area contributed by atoms with E-state index in [0.29, 0.717) is 19.4 Å². The van der Waals surface area contributed by atoms with E-state index in [0.717, 1.165) is 12.0 Å². The molecule has 0 aliphatic carbocycles. The highest BCUT2D eigenvalue weighted by atomic mass is 16.2. The van der Waals surface area contributed by atoms with Crippen LogP contribution in [0.3, 0.4) is 0 Å². The molecule has 0 radical (unpaired) electrons. The molecule has 0 aromatic heterocycles. The van der Waals surface area contributed by atoms with Crippen molar-refractivity contribution in [2.24, 2.45) is 5.41 Å². The van der Waals surface area contributed by atoms with Gasteiger partial charge < -0.3 is 10.6 Å². The molecule has 0 saturated carbocycles. The second kappa shape index (κ2) is 8.57. The average molecular weight is 304 g/mol. The van der Waals surface area contributed by atoms with Crippen LogP contribution in [-0.2, 0) is 16.0 Å². The van der Waals surface area contributed by atoms with Crippen LogP contribution in [0.2, 0.25) is 0 Å². The fraction of sp³-hybridized carbons (Fsp3) is 0.556. The Morgan fingerprint density at radius 1 is 1.14 bits per heavy atom. The van der Waals surface area contributed by atoms with Gasteiger partial charge in [-0.2, -0.15) is 0 Å². The van der Waals surface area contributed by atoms with Crippen molar-refractivity contribution < 1.29 is 9.59 Å². The predicted octanol–water partition coefficient (Wildman–Crippen LogP) is 2.68. The third-order valence-corrected chi connectivity index (χ3v) is 3.43. The summed E-state index contributed by atoms with van der Waals surface area (Å²) >= 11 is 0. The van der Waals surface area contributed by atoms with Gasteiger partial charge in [0.2, 0.25) is 11.8 Å². The lowest BCUT2D eigenvalue weighted by atomic mass is 9.92. The molecule has 0 spiro atoms. The first kappa shape index (κ1) is 18.2. The first-order chi connectivity index (χ1) is 10.3. The molecule has 0 saturated heterocycles. The molecular weight excluding hydrogens is 276 g/mol. The van der Waals surface area contributed by atoms with Gasteiger partial charge in [-0.25, -0.2) is 0 Å². The number of benzene rings is 1. The van der Waals surface area contributed by atoms with Gasteiger partial charge in [0.15, 0.2) is 0 Å². The normalized spacial score (nSPS) is 12.5. The molecule has 4 heteroatoms. The molecule has 1 aromatic rings. The Morgan fingerprint density at radius 2 is 1.77 bits per heavy atom. The molecule has 1 unspecified atom stereocenters. The van der Waals surface area contributed by atoms with Crippen LogP contribution in [0.5, 0.6) is 0 Å². The van der Waals surface area contributed by atoms with E-state index in [1.54, 1.807) is 6.92 Å². The van der Waals surface area contributed by atoms with Gasteiger partial charge in [-0.1, -0.05) is 58.0 Å². The standard InChI is InChI=1S/C18H28N2O2/c1-5-16(21)20-15(13-14-9-7-6-8-10-14)17(22)19-12-11-18(2,3)4/h6-10,15H,5,11-13H2,1-4H3,(H,19,22)(H,20,21). The summed E-state index contributed by atoms with van der Waals surface area (Å²) in [5.41, 5.74) is 1.21. The number of hydrogen-bond donors (Lipinski definition) is 2. The summed E-state index contributed by atoms with van der Waals surface area (Å²) in [7, 11) is 0.